The first-order valence-electron chi connectivity index (χ1n) is 18.2. The maximum atomic E-state index is 17.4. The number of hydrogen-bond donors (Lipinski definition) is 2. The van der Waals surface area contributed by atoms with Gasteiger partial charge >= 0.3 is 18.2 Å². The average molecular weight is 750 g/mol. The highest BCUT2D eigenvalue weighted by molar-refractivity contribution is 6.05. The quantitative estimate of drug-likeness (QED) is 0.155. The molecule has 0 radical (unpaired) electrons. The number of nitrogens with one attached hydrogen (secondary N) is 1. The molecule has 0 spiro atoms. The van der Waals surface area contributed by atoms with E-state index < -0.39 is 35.0 Å². The summed E-state index contributed by atoms with van der Waals surface area (Å²) in [6.07, 6.45) is 8.14. The lowest BCUT2D eigenvalue weighted by atomic mass is 9.92. The van der Waals surface area contributed by atoms with Crippen molar-refractivity contribution in [3.63, 3.8) is 0 Å². The van der Waals surface area contributed by atoms with Gasteiger partial charge in [-0.05, 0) is 64.0 Å². The van der Waals surface area contributed by atoms with Crippen LogP contribution < -0.4 is 15.0 Å². The van der Waals surface area contributed by atoms with E-state index in [2.05, 4.69) is 39.3 Å². The van der Waals surface area contributed by atoms with Crippen LogP contribution in [-0.2, 0) is 4.74 Å². The molecule has 0 saturated carbocycles. The number of nitrogens with zero attached hydrogens (tertiary/aromatic N) is 6. The summed E-state index contributed by atoms with van der Waals surface area (Å²) in [5, 5.41) is 13.3. The number of carbonyl (C=O) groups is 2. The zero-order chi connectivity index (χ0) is 39.0. The number of anilines is 2. The molecule has 2 N–H and O–H groups in total. The van der Waals surface area contributed by atoms with Crippen molar-refractivity contribution in [2.24, 2.45) is 0 Å². The van der Waals surface area contributed by atoms with Crippen LogP contribution in [0.4, 0.5) is 29.9 Å². The molecule has 2 atom stereocenters. The number of terminal acetylenes is 1. The van der Waals surface area contributed by atoms with Crippen LogP contribution in [-0.4, -0.2) is 98.1 Å². The van der Waals surface area contributed by atoms with Gasteiger partial charge in [-0.25, -0.2) is 18.4 Å². The number of carboxylic acid groups (broad SMARTS) is 1. The zero-order valence-electron chi connectivity index (χ0n) is 30.9. The van der Waals surface area contributed by atoms with E-state index in [0.717, 1.165) is 11.1 Å². The van der Waals surface area contributed by atoms with E-state index in [1.165, 1.54) is 17.2 Å². The summed E-state index contributed by atoms with van der Waals surface area (Å²) in [7, 11) is 0. The third kappa shape index (κ3) is 6.36. The number of halogens is 2. The molecule has 2 amide bonds. The highest BCUT2D eigenvalue weighted by atomic mass is 19.1. The number of rotatable bonds is 6. The van der Waals surface area contributed by atoms with Crippen LogP contribution >= 0.6 is 0 Å². The summed E-state index contributed by atoms with van der Waals surface area (Å²) >= 11 is 0. The molecule has 4 aromatic rings. The van der Waals surface area contributed by atoms with Crippen LogP contribution in [0, 0.1) is 24.0 Å². The first-order valence-corrected chi connectivity index (χ1v) is 18.2. The normalized spacial score (nSPS) is 20.6. The molecule has 4 fully saturated rings. The molecule has 2 aromatic heterocycles. The lowest BCUT2D eigenvalue weighted by Crippen LogP contribution is -2.55. The molecule has 14 heteroatoms. The lowest BCUT2D eigenvalue weighted by molar-refractivity contribution is 0.0635. The molecule has 284 valence electrons. The summed E-state index contributed by atoms with van der Waals surface area (Å²) in [5.74, 6) is 0.969. The van der Waals surface area contributed by atoms with Crippen molar-refractivity contribution < 1.29 is 33.0 Å². The molecule has 6 heterocycles. The van der Waals surface area contributed by atoms with E-state index in [1.807, 2.05) is 4.90 Å². The molecular formula is C41H41F2N7O5. The predicted octanol–water partition coefficient (Wildman–Crippen LogP) is 7.12. The Morgan fingerprint density at radius 2 is 1.78 bits per heavy atom. The van der Waals surface area contributed by atoms with Gasteiger partial charge in [0, 0.05) is 43.3 Å². The van der Waals surface area contributed by atoms with Gasteiger partial charge in [0.05, 0.1) is 34.3 Å². The Kier molecular flexibility index (Phi) is 8.68. The third-order valence-electron chi connectivity index (χ3n) is 10.9. The maximum absolute atomic E-state index is 17.4. The first kappa shape index (κ1) is 36.2. The van der Waals surface area contributed by atoms with E-state index in [-0.39, 0.29) is 63.5 Å². The van der Waals surface area contributed by atoms with E-state index in [4.69, 9.17) is 20.9 Å². The number of ether oxygens (including phenoxy) is 2. The maximum Gasteiger partial charge on any atom is 0.412 e. The smallest absolute Gasteiger partial charge is 0.412 e. The third-order valence-corrected chi connectivity index (χ3v) is 10.9. The molecular weight excluding hydrogens is 708 g/mol. The van der Waals surface area contributed by atoms with Crippen LogP contribution in [0.3, 0.4) is 0 Å². The van der Waals surface area contributed by atoms with Gasteiger partial charge in [0.25, 0.3) is 0 Å². The van der Waals surface area contributed by atoms with Gasteiger partial charge < -0.3 is 19.5 Å². The zero-order valence-corrected chi connectivity index (χ0v) is 30.9. The average Bonchev–Trinajstić information content (AvgIpc) is 3.69. The van der Waals surface area contributed by atoms with Crippen molar-refractivity contribution in [2.45, 2.75) is 69.7 Å². The first-order chi connectivity index (χ1) is 26.1. The minimum atomic E-state index is -0.981. The Bertz CT molecular complexity index is 2340. The number of amides is 2. The van der Waals surface area contributed by atoms with Crippen molar-refractivity contribution in [3.05, 3.63) is 72.0 Å². The summed E-state index contributed by atoms with van der Waals surface area (Å²) in [5.41, 5.74) is 0.0994. The number of hydrogen-bond acceptors (Lipinski definition) is 9. The Labute approximate surface area is 316 Å². The number of fused-ring (bicyclic) bond motifs is 5. The minimum absolute atomic E-state index is 0.0918. The minimum Gasteiger partial charge on any atom is -0.465 e. The fourth-order valence-corrected chi connectivity index (χ4v) is 8.82. The number of aromatic nitrogens is 3. The molecule has 4 saturated heterocycles. The van der Waals surface area contributed by atoms with Gasteiger partial charge in [0.1, 0.15) is 29.2 Å². The Morgan fingerprint density at radius 3 is 2.42 bits per heavy atom. The second-order valence-electron chi connectivity index (χ2n) is 16.0. The molecule has 55 heavy (non-hydrogen) atoms. The second kappa shape index (κ2) is 13.2. The molecule has 4 aliphatic heterocycles. The van der Waals surface area contributed by atoms with Gasteiger partial charge in [0.15, 0.2) is 11.6 Å². The highest BCUT2D eigenvalue weighted by Crippen LogP contribution is 2.44. The van der Waals surface area contributed by atoms with Gasteiger partial charge in [-0.15, -0.1) is 6.42 Å². The van der Waals surface area contributed by atoms with Crippen molar-refractivity contribution >= 4 is 45.4 Å². The van der Waals surface area contributed by atoms with E-state index in [1.54, 1.807) is 39.0 Å². The van der Waals surface area contributed by atoms with E-state index >= 15 is 8.78 Å². The summed E-state index contributed by atoms with van der Waals surface area (Å²) in [6, 6.07) is 5.72. The van der Waals surface area contributed by atoms with E-state index in [0.29, 0.717) is 63.1 Å². The van der Waals surface area contributed by atoms with Gasteiger partial charge in [-0.2, -0.15) is 9.97 Å². The number of pyridine rings is 1. The van der Waals surface area contributed by atoms with Crippen molar-refractivity contribution in [3.8, 4) is 29.6 Å². The highest BCUT2D eigenvalue weighted by Gasteiger charge is 2.48. The predicted molar refractivity (Wildman–Crippen MR) is 204 cm³/mol. The summed E-state index contributed by atoms with van der Waals surface area (Å²) in [4.78, 5) is 44.5. The number of piperazine rings is 1. The molecule has 0 aliphatic carbocycles. The standard InChI is InChI=1S/C41H41F2N7O5/c1-7-24-9-8-10-25-13-29(45-38(51)55-40(4,5)6)32(42)31(30(24)25)35-33(43)34-28(16-44-35)36(48-19-26-11-12-27(20-48)50(26)39(52)53)47-37(46-34)54-21-41-14-22(2)17-49(41)18-23(3)15-41/h1,8-10,13,16,26-27H,2-3,11-12,14-15,17-21H2,4-6H3,(H,45,51)(H,52,53)/t26-,27+. The molecule has 12 nitrogen and oxygen atoms in total. The van der Waals surface area contributed by atoms with Crippen molar-refractivity contribution in [1.82, 2.24) is 24.8 Å². The number of carbonyl (C=O) groups excluding carboxylic acids is 1. The largest absolute Gasteiger partial charge is 0.465 e. The van der Waals surface area contributed by atoms with Crippen LogP contribution in [0.15, 0.2) is 54.8 Å². The molecule has 2 bridgehead atoms. The van der Waals surface area contributed by atoms with Crippen LogP contribution in [0.5, 0.6) is 6.01 Å². The SMILES string of the molecule is C#Cc1cccc2cc(NC(=O)OC(C)(C)C)c(F)c(-c3ncc4c(N5C[C@H]6CC[C@@H](C5)N6C(=O)O)nc(OCC56CC(=C)CN5CC(=C)C6)nc4c3F)c12. The lowest BCUT2D eigenvalue weighted by Gasteiger charge is -2.40. The Balaban J connectivity index is 1.28. The summed E-state index contributed by atoms with van der Waals surface area (Å²) in [6.45, 7) is 15.7. The summed E-state index contributed by atoms with van der Waals surface area (Å²) < 4.78 is 45.9. The van der Waals surface area contributed by atoms with E-state index in [9.17, 15) is 14.7 Å². The second-order valence-corrected chi connectivity index (χ2v) is 16.0. The monoisotopic (exact) mass is 749 g/mol. The van der Waals surface area contributed by atoms with Crippen molar-refractivity contribution in [1.29, 1.82) is 0 Å². The molecule has 0 unspecified atom stereocenters. The van der Waals surface area contributed by atoms with Gasteiger partial charge in [0.2, 0.25) is 0 Å². The van der Waals surface area contributed by atoms with Crippen LogP contribution in [0.1, 0.15) is 52.0 Å². The Hall–Kier alpha value is -5.81. The van der Waals surface area contributed by atoms with Crippen molar-refractivity contribution in [2.75, 3.05) is 43.0 Å². The van der Waals surface area contributed by atoms with Crippen LogP contribution in [0.2, 0.25) is 0 Å². The van der Waals surface area contributed by atoms with Gasteiger partial charge in [-0.1, -0.05) is 42.4 Å². The van der Waals surface area contributed by atoms with Crippen LogP contribution in [0.25, 0.3) is 32.9 Å². The number of benzene rings is 2. The Morgan fingerprint density at radius 1 is 1.09 bits per heavy atom. The topological polar surface area (TPSA) is 133 Å². The fraction of sp³-hybridized carbons (Fsp3) is 0.390. The molecule has 4 aliphatic rings. The van der Waals surface area contributed by atoms with Gasteiger partial charge in [-0.3, -0.25) is 20.1 Å². The molecule has 2 aromatic carbocycles. The molecule has 8 rings (SSSR count). The fourth-order valence-electron chi connectivity index (χ4n) is 8.82.